The van der Waals surface area contributed by atoms with E-state index in [1.807, 2.05) is 18.2 Å². The number of benzene rings is 1. The summed E-state index contributed by atoms with van der Waals surface area (Å²) in [5, 5.41) is 5.11. The van der Waals surface area contributed by atoms with Crippen LogP contribution in [-0.4, -0.2) is 25.3 Å². The summed E-state index contributed by atoms with van der Waals surface area (Å²) in [5.74, 6) is 0.535. The van der Waals surface area contributed by atoms with Crippen LogP contribution in [0, 0.1) is 5.92 Å². The number of hydrogen-bond acceptors (Lipinski definition) is 2. The largest absolute Gasteiger partial charge is 0.378 e. The summed E-state index contributed by atoms with van der Waals surface area (Å²) in [6.45, 7) is 6.13. The molecule has 2 rings (SSSR count). The van der Waals surface area contributed by atoms with Gasteiger partial charge in [-0.2, -0.15) is 0 Å². The Hall–Kier alpha value is -0.280. The van der Waals surface area contributed by atoms with Crippen LogP contribution in [0.3, 0.4) is 0 Å². The Labute approximate surface area is 131 Å². The summed E-state index contributed by atoms with van der Waals surface area (Å²) < 4.78 is 5.83. The van der Waals surface area contributed by atoms with E-state index in [-0.39, 0.29) is 0 Å². The maximum atomic E-state index is 6.31. The van der Waals surface area contributed by atoms with Crippen molar-refractivity contribution >= 4 is 23.2 Å². The second kappa shape index (κ2) is 7.65. The number of likely N-dealkylation sites (N-methyl/N-ethyl adjacent to an activating group) is 1. The van der Waals surface area contributed by atoms with Gasteiger partial charge in [-0.15, -0.1) is 0 Å². The van der Waals surface area contributed by atoms with Crippen LogP contribution in [0.25, 0.3) is 0 Å². The molecule has 0 spiro atoms. The number of hydrogen-bond donors (Lipinski definition) is 1. The topological polar surface area (TPSA) is 21.3 Å². The van der Waals surface area contributed by atoms with Crippen LogP contribution in [-0.2, 0) is 11.2 Å². The minimum atomic E-state index is 0.348. The van der Waals surface area contributed by atoms with Crippen molar-refractivity contribution < 1.29 is 4.74 Å². The van der Waals surface area contributed by atoms with E-state index in [0.29, 0.717) is 18.1 Å². The van der Waals surface area contributed by atoms with Gasteiger partial charge in [-0.25, -0.2) is 0 Å². The van der Waals surface area contributed by atoms with Gasteiger partial charge >= 0.3 is 0 Å². The lowest BCUT2D eigenvalue weighted by Crippen LogP contribution is -2.41. The Kier molecular flexibility index (Phi) is 6.16. The number of nitrogens with one attached hydrogen (secondary N) is 1. The van der Waals surface area contributed by atoms with E-state index in [9.17, 15) is 0 Å². The van der Waals surface area contributed by atoms with Crippen LogP contribution < -0.4 is 5.32 Å². The highest BCUT2D eigenvalue weighted by Gasteiger charge is 2.33. The first-order chi connectivity index (χ1) is 9.67. The summed E-state index contributed by atoms with van der Waals surface area (Å²) in [5.41, 5.74) is 1.04. The van der Waals surface area contributed by atoms with Crippen molar-refractivity contribution in [1.29, 1.82) is 0 Å². The molecule has 112 valence electrons. The van der Waals surface area contributed by atoms with Crippen LogP contribution in [0.5, 0.6) is 0 Å². The van der Waals surface area contributed by atoms with Crippen LogP contribution in [0.2, 0.25) is 10.0 Å². The van der Waals surface area contributed by atoms with E-state index >= 15 is 0 Å². The molecule has 0 aliphatic carbocycles. The summed E-state index contributed by atoms with van der Waals surface area (Å²) >= 11 is 12.6. The van der Waals surface area contributed by atoms with Crippen LogP contribution in [0.1, 0.15) is 32.3 Å². The smallest absolute Gasteiger partial charge is 0.0616 e. The molecule has 0 amide bonds. The number of halogens is 2. The van der Waals surface area contributed by atoms with Crippen molar-refractivity contribution in [3.63, 3.8) is 0 Å². The molecule has 0 bridgehead atoms. The summed E-state index contributed by atoms with van der Waals surface area (Å²) in [4.78, 5) is 0. The molecule has 3 atom stereocenters. The molecule has 3 unspecified atom stereocenters. The van der Waals surface area contributed by atoms with Crippen molar-refractivity contribution in [2.75, 3.05) is 13.2 Å². The quantitative estimate of drug-likeness (QED) is 0.843. The van der Waals surface area contributed by atoms with Crippen molar-refractivity contribution in [3.8, 4) is 0 Å². The highest BCUT2D eigenvalue weighted by atomic mass is 35.5. The Balaban J connectivity index is 2.17. The predicted molar refractivity (Wildman–Crippen MR) is 85.8 cm³/mol. The molecule has 1 aromatic rings. The molecule has 4 heteroatoms. The average Bonchev–Trinajstić information content (AvgIpc) is 2.90. The van der Waals surface area contributed by atoms with E-state index in [1.165, 1.54) is 0 Å². The molecular formula is C16H23Cl2NO. The molecule has 1 aromatic carbocycles. The molecule has 1 N–H and O–H groups in total. The van der Waals surface area contributed by atoms with Crippen molar-refractivity contribution in [2.24, 2.45) is 5.92 Å². The minimum absolute atomic E-state index is 0.348. The SMILES string of the molecule is CCNC(Cc1c(Cl)cccc1Cl)C1CCOC1CC. The second-order valence-electron chi connectivity index (χ2n) is 5.34. The third-order valence-corrected chi connectivity index (χ3v) is 4.84. The molecule has 1 heterocycles. The minimum Gasteiger partial charge on any atom is -0.378 e. The van der Waals surface area contributed by atoms with Gasteiger partial charge in [0.05, 0.1) is 6.10 Å². The zero-order chi connectivity index (χ0) is 14.5. The van der Waals surface area contributed by atoms with E-state index in [1.54, 1.807) is 0 Å². The molecule has 1 aliphatic heterocycles. The molecule has 20 heavy (non-hydrogen) atoms. The lowest BCUT2D eigenvalue weighted by atomic mass is 9.87. The fourth-order valence-corrected chi connectivity index (χ4v) is 3.68. The molecule has 0 aromatic heterocycles. The standard InChI is InChI=1S/C16H23Cl2NO/c1-3-16-11(8-9-20-16)15(19-4-2)10-12-13(17)6-5-7-14(12)18/h5-7,11,15-16,19H,3-4,8-10H2,1-2H3. The fourth-order valence-electron chi connectivity index (χ4n) is 3.13. The molecule has 0 radical (unpaired) electrons. The first kappa shape index (κ1) is 16.1. The molecule has 1 fully saturated rings. The summed E-state index contributed by atoms with van der Waals surface area (Å²) in [6.07, 6.45) is 3.37. The Morgan fingerprint density at radius 2 is 2.00 bits per heavy atom. The van der Waals surface area contributed by atoms with E-state index in [4.69, 9.17) is 27.9 Å². The van der Waals surface area contributed by atoms with Gasteiger partial charge in [-0.05, 0) is 43.5 Å². The van der Waals surface area contributed by atoms with Gasteiger partial charge in [0.1, 0.15) is 0 Å². The molecular weight excluding hydrogens is 293 g/mol. The van der Waals surface area contributed by atoms with Crippen molar-refractivity contribution in [1.82, 2.24) is 5.32 Å². The first-order valence-electron chi connectivity index (χ1n) is 7.45. The van der Waals surface area contributed by atoms with Gasteiger partial charge in [-0.1, -0.05) is 43.1 Å². The maximum absolute atomic E-state index is 6.31. The lowest BCUT2D eigenvalue weighted by Gasteiger charge is -2.28. The second-order valence-corrected chi connectivity index (χ2v) is 6.15. The monoisotopic (exact) mass is 315 g/mol. The van der Waals surface area contributed by atoms with Crippen LogP contribution in [0.15, 0.2) is 18.2 Å². The zero-order valence-electron chi connectivity index (χ0n) is 12.2. The van der Waals surface area contributed by atoms with Gasteiger partial charge in [0.2, 0.25) is 0 Å². The van der Waals surface area contributed by atoms with Gasteiger partial charge in [0.25, 0.3) is 0 Å². The predicted octanol–water partition coefficient (Wildman–Crippen LogP) is 4.33. The summed E-state index contributed by atoms with van der Waals surface area (Å²) in [6, 6.07) is 6.08. The van der Waals surface area contributed by atoms with Gasteiger partial charge < -0.3 is 10.1 Å². The third kappa shape index (κ3) is 3.67. The number of ether oxygens (including phenoxy) is 1. The lowest BCUT2D eigenvalue weighted by molar-refractivity contribution is 0.0776. The average molecular weight is 316 g/mol. The van der Waals surface area contributed by atoms with Gasteiger partial charge in [0, 0.05) is 28.6 Å². The third-order valence-electron chi connectivity index (χ3n) is 4.13. The van der Waals surface area contributed by atoms with E-state index in [0.717, 1.165) is 48.0 Å². The van der Waals surface area contributed by atoms with E-state index < -0.39 is 0 Å². The highest BCUT2D eigenvalue weighted by Crippen LogP contribution is 2.32. The maximum Gasteiger partial charge on any atom is 0.0616 e. The van der Waals surface area contributed by atoms with E-state index in [2.05, 4.69) is 19.2 Å². The highest BCUT2D eigenvalue weighted by molar-refractivity contribution is 6.36. The molecule has 0 saturated carbocycles. The van der Waals surface area contributed by atoms with Gasteiger partial charge in [0.15, 0.2) is 0 Å². The summed E-state index contributed by atoms with van der Waals surface area (Å²) in [7, 11) is 0. The van der Waals surface area contributed by atoms with Crippen LogP contribution >= 0.6 is 23.2 Å². The van der Waals surface area contributed by atoms with Gasteiger partial charge in [-0.3, -0.25) is 0 Å². The normalized spacial score (nSPS) is 24.0. The van der Waals surface area contributed by atoms with Crippen LogP contribution in [0.4, 0.5) is 0 Å². The Morgan fingerprint density at radius 3 is 2.60 bits per heavy atom. The zero-order valence-corrected chi connectivity index (χ0v) is 13.7. The molecule has 2 nitrogen and oxygen atoms in total. The molecule has 1 saturated heterocycles. The fraction of sp³-hybridized carbons (Fsp3) is 0.625. The first-order valence-corrected chi connectivity index (χ1v) is 8.20. The molecule has 1 aliphatic rings. The Morgan fingerprint density at radius 1 is 1.30 bits per heavy atom. The Bertz CT molecular complexity index is 418. The number of rotatable bonds is 6. The van der Waals surface area contributed by atoms with Crippen molar-refractivity contribution in [2.45, 2.75) is 45.3 Å². The van der Waals surface area contributed by atoms with Crippen molar-refractivity contribution in [3.05, 3.63) is 33.8 Å².